The Bertz CT molecular complexity index is 364. The molecule has 1 atom stereocenters. The normalized spacial score (nSPS) is 12.8. The van der Waals surface area contributed by atoms with Crippen LogP contribution in [-0.2, 0) is 6.42 Å². The maximum Gasteiger partial charge on any atom is 0.123 e. The van der Waals surface area contributed by atoms with Crippen molar-refractivity contribution in [3.63, 3.8) is 0 Å². The maximum absolute atomic E-state index is 5.47. The van der Waals surface area contributed by atoms with Crippen molar-refractivity contribution in [2.24, 2.45) is 0 Å². The van der Waals surface area contributed by atoms with Gasteiger partial charge in [-0.2, -0.15) is 0 Å². The summed E-state index contributed by atoms with van der Waals surface area (Å²) in [6.45, 7) is 7.39. The number of methoxy groups -OCH3 is 1. The van der Waals surface area contributed by atoms with Crippen LogP contribution in [0.2, 0.25) is 0 Å². The minimum Gasteiger partial charge on any atom is -0.496 e. The highest BCUT2D eigenvalue weighted by Gasteiger charge is 2.15. The number of aryl methyl sites for hydroxylation is 1. The number of rotatable bonds is 7. The van der Waals surface area contributed by atoms with Crippen LogP contribution in [-0.4, -0.2) is 26.7 Å². The van der Waals surface area contributed by atoms with E-state index in [1.165, 1.54) is 11.1 Å². The van der Waals surface area contributed by atoms with Gasteiger partial charge in [0.1, 0.15) is 5.75 Å². The SMILES string of the molecule is CCc1ccc(OC)c(C(CNC(C)C)NC)c1. The van der Waals surface area contributed by atoms with Crippen LogP contribution in [0, 0.1) is 0 Å². The molecule has 0 spiro atoms. The Morgan fingerprint density at radius 2 is 2.00 bits per heavy atom. The average Bonchev–Trinajstić information content (AvgIpc) is 2.38. The fourth-order valence-electron chi connectivity index (χ4n) is 2.00. The van der Waals surface area contributed by atoms with E-state index in [2.05, 4.69) is 49.6 Å². The zero-order chi connectivity index (χ0) is 13.5. The zero-order valence-electron chi connectivity index (χ0n) is 12.2. The second-order valence-corrected chi connectivity index (χ2v) is 4.83. The van der Waals surface area contributed by atoms with E-state index < -0.39 is 0 Å². The smallest absolute Gasteiger partial charge is 0.123 e. The molecule has 1 rings (SSSR count). The summed E-state index contributed by atoms with van der Waals surface area (Å²) in [6, 6.07) is 7.19. The number of benzene rings is 1. The largest absolute Gasteiger partial charge is 0.496 e. The molecule has 0 fully saturated rings. The second kappa shape index (κ2) is 7.39. The molecule has 0 bridgehead atoms. The van der Waals surface area contributed by atoms with E-state index in [0.29, 0.717) is 6.04 Å². The van der Waals surface area contributed by atoms with Crippen LogP contribution in [0.1, 0.15) is 37.9 Å². The van der Waals surface area contributed by atoms with Gasteiger partial charge in [0, 0.05) is 24.2 Å². The Morgan fingerprint density at radius 1 is 1.28 bits per heavy atom. The van der Waals surface area contributed by atoms with Crippen molar-refractivity contribution in [3.05, 3.63) is 29.3 Å². The van der Waals surface area contributed by atoms with Gasteiger partial charge in [-0.3, -0.25) is 0 Å². The molecule has 0 aliphatic carbocycles. The highest BCUT2D eigenvalue weighted by atomic mass is 16.5. The van der Waals surface area contributed by atoms with Crippen LogP contribution in [0.15, 0.2) is 18.2 Å². The molecule has 0 aliphatic rings. The minimum absolute atomic E-state index is 0.272. The summed E-state index contributed by atoms with van der Waals surface area (Å²) < 4.78 is 5.47. The molecule has 0 radical (unpaired) electrons. The molecular weight excluding hydrogens is 224 g/mol. The Morgan fingerprint density at radius 3 is 2.50 bits per heavy atom. The van der Waals surface area contributed by atoms with Crippen LogP contribution < -0.4 is 15.4 Å². The summed E-state index contributed by atoms with van der Waals surface area (Å²) in [6.07, 6.45) is 1.05. The Labute approximate surface area is 111 Å². The van der Waals surface area contributed by atoms with E-state index in [1.807, 2.05) is 7.05 Å². The summed E-state index contributed by atoms with van der Waals surface area (Å²) in [5.74, 6) is 0.956. The monoisotopic (exact) mass is 250 g/mol. The van der Waals surface area contributed by atoms with Gasteiger partial charge in [-0.1, -0.05) is 32.9 Å². The lowest BCUT2D eigenvalue weighted by Gasteiger charge is -2.22. The van der Waals surface area contributed by atoms with E-state index >= 15 is 0 Å². The third kappa shape index (κ3) is 4.00. The van der Waals surface area contributed by atoms with E-state index in [-0.39, 0.29) is 6.04 Å². The van der Waals surface area contributed by atoms with Gasteiger partial charge in [0.05, 0.1) is 7.11 Å². The van der Waals surface area contributed by atoms with Crippen LogP contribution in [0.3, 0.4) is 0 Å². The lowest BCUT2D eigenvalue weighted by Crippen LogP contribution is -2.33. The minimum atomic E-state index is 0.272. The molecule has 0 aliphatic heterocycles. The first-order valence-corrected chi connectivity index (χ1v) is 6.69. The molecule has 1 unspecified atom stereocenters. The third-order valence-electron chi connectivity index (χ3n) is 3.16. The average molecular weight is 250 g/mol. The van der Waals surface area contributed by atoms with Crippen molar-refractivity contribution < 1.29 is 4.74 Å². The molecular formula is C15H26N2O. The highest BCUT2D eigenvalue weighted by molar-refractivity contribution is 5.39. The summed E-state index contributed by atoms with van der Waals surface area (Å²) in [7, 11) is 3.72. The predicted octanol–water partition coefficient (Wildman–Crippen LogP) is 2.52. The van der Waals surface area contributed by atoms with Crippen LogP contribution in [0.25, 0.3) is 0 Å². The first-order chi connectivity index (χ1) is 8.62. The summed E-state index contributed by atoms with van der Waals surface area (Å²) in [4.78, 5) is 0. The van der Waals surface area contributed by atoms with Gasteiger partial charge in [0.15, 0.2) is 0 Å². The number of hydrogen-bond acceptors (Lipinski definition) is 3. The summed E-state index contributed by atoms with van der Waals surface area (Å²) in [5.41, 5.74) is 2.57. The number of likely N-dealkylation sites (N-methyl/N-ethyl adjacent to an activating group) is 1. The van der Waals surface area contributed by atoms with Crippen molar-refractivity contribution in [3.8, 4) is 5.75 Å². The van der Waals surface area contributed by atoms with Gasteiger partial charge in [-0.25, -0.2) is 0 Å². The van der Waals surface area contributed by atoms with Crippen molar-refractivity contribution in [1.82, 2.24) is 10.6 Å². The molecule has 1 aromatic rings. The molecule has 102 valence electrons. The number of ether oxygens (including phenoxy) is 1. The zero-order valence-corrected chi connectivity index (χ0v) is 12.2. The summed E-state index contributed by atoms with van der Waals surface area (Å²) >= 11 is 0. The first-order valence-electron chi connectivity index (χ1n) is 6.69. The van der Waals surface area contributed by atoms with E-state index in [9.17, 15) is 0 Å². The molecule has 2 N–H and O–H groups in total. The lowest BCUT2D eigenvalue weighted by molar-refractivity contribution is 0.396. The van der Waals surface area contributed by atoms with E-state index in [0.717, 1.165) is 18.7 Å². The molecule has 1 aromatic carbocycles. The Balaban J connectivity index is 2.94. The fourth-order valence-corrected chi connectivity index (χ4v) is 2.00. The molecule has 0 saturated carbocycles. The van der Waals surface area contributed by atoms with Gasteiger partial charge in [-0.15, -0.1) is 0 Å². The molecule has 18 heavy (non-hydrogen) atoms. The third-order valence-corrected chi connectivity index (χ3v) is 3.16. The van der Waals surface area contributed by atoms with Crippen molar-refractivity contribution in [2.45, 2.75) is 39.3 Å². The number of hydrogen-bond donors (Lipinski definition) is 2. The second-order valence-electron chi connectivity index (χ2n) is 4.83. The maximum atomic E-state index is 5.47. The Hall–Kier alpha value is -1.06. The molecule has 0 heterocycles. The van der Waals surface area contributed by atoms with Crippen LogP contribution in [0.5, 0.6) is 5.75 Å². The lowest BCUT2D eigenvalue weighted by atomic mass is 10.0. The first kappa shape index (κ1) is 15.0. The molecule has 3 heteroatoms. The van der Waals surface area contributed by atoms with Crippen LogP contribution in [0.4, 0.5) is 0 Å². The molecule has 0 amide bonds. The van der Waals surface area contributed by atoms with Crippen LogP contribution >= 0.6 is 0 Å². The fraction of sp³-hybridized carbons (Fsp3) is 0.600. The van der Waals surface area contributed by atoms with Gasteiger partial charge >= 0.3 is 0 Å². The van der Waals surface area contributed by atoms with Gasteiger partial charge in [0.25, 0.3) is 0 Å². The molecule has 3 nitrogen and oxygen atoms in total. The van der Waals surface area contributed by atoms with Gasteiger partial charge in [0.2, 0.25) is 0 Å². The van der Waals surface area contributed by atoms with Crippen molar-refractivity contribution >= 4 is 0 Å². The predicted molar refractivity (Wildman–Crippen MR) is 77.3 cm³/mol. The van der Waals surface area contributed by atoms with Gasteiger partial charge in [-0.05, 0) is 25.1 Å². The van der Waals surface area contributed by atoms with Crippen molar-refractivity contribution in [1.29, 1.82) is 0 Å². The van der Waals surface area contributed by atoms with E-state index in [1.54, 1.807) is 7.11 Å². The summed E-state index contributed by atoms with van der Waals surface area (Å²) in [5, 5.41) is 6.82. The molecule has 0 saturated heterocycles. The number of nitrogens with one attached hydrogen (secondary N) is 2. The van der Waals surface area contributed by atoms with E-state index in [4.69, 9.17) is 4.74 Å². The molecule has 0 aromatic heterocycles. The quantitative estimate of drug-likeness (QED) is 0.780. The topological polar surface area (TPSA) is 33.3 Å². The standard InChI is InChI=1S/C15H26N2O/c1-6-12-7-8-15(18-5)13(9-12)14(16-4)10-17-11(2)3/h7-9,11,14,16-17H,6,10H2,1-5H3. The highest BCUT2D eigenvalue weighted by Crippen LogP contribution is 2.26. The Kier molecular flexibility index (Phi) is 6.16. The van der Waals surface area contributed by atoms with Crippen molar-refractivity contribution in [2.75, 3.05) is 20.7 Å². The van der Waals surface area contributed by atoms with Gasteiger partial charge < -0.3 is 15.4 Å².